The molecule has 0 atom stereocenters. The van der Waals surface area contributed by atoms with Crippen molar-refractivity contribution in [2.45, 2.75) is 149 Å². The van der Waals surface area contributed by atoms with Gasteiger partial charge in [-0.15, -0.1) is 0 Å². The molecule has 0 unspecified atom stereocenters. The first kappa shape index (κ1) is 29.3. The second kappa shape index (κ2) is 23.0. The lowest BCUT2D eigenvalue weighted by atomic mass is 10.1. The second-order valence-corrected chi connectivity index (χ2v) is 11.0. The van der Waals surface area contributed by atoms with Crippen LogP contribution in [0.4, 0.5) is 0 Å². The highest BCUT2D eigenvalue weighted by atomic mass is 31.2. The molecule has 0 aromatic heterocycles. The first-order valence-electron chi connectivity index (χ1n) is 13.1. The topological polar surface area (TPSA) is 49.7 Å². The molecule has 0 radical (unpaired) electrons. The van der Waals surface area contributed by atoms with E-state index >= 15 is 0 Å². The Morgan fingerprint density at radius 1 is 0.448 bits per heavy atom. The summed E-state index contributed by atoms with van der Waals surface area (Å²) in [5.74, 6) is 0. The van der Waals surface area contributed by atoms with Crippen LogP contribution < -0.4 is 0 Å². The van der Waals surface area contributed by atoms with Crippen molar-refractivity contribution in [3.05, 3.63) is 0 Å². The van der Waals surface area contributed by atoms with E-state index in [1.165, 1.54) is 109 Å². The molecule has 0 aliphatic rings. The summed E-state index contributed by atoms with van der Waals surface area (Å²) < 4.78 is 5.42. The fourth-order valence-electron chi connectivity index (χ4n) is 3.85. The highest BCUT2D eigenvalue weighted by Gasteiger charge is 2.34. The van der Waals surface area contributed by atoms with Gasteiger partial charge in [-0.1, -0.05) is 129 Å². The molecule has 29 heavy (non-hydrogen) atoms. The summed E-state index contributed by atoms with van der Waals surface area (Å²) in [5.41, 5.74) is 0. The standard InChI is InChI=1S/C25H54O3P/c1-3-5-7-9-11-13-15-17-19-21-23-25-29(26,27)28-24-22-20-18-16-14-12-10-8-6-4-2/h26-27H,3-25H2,1-2H3/q+1. The molecule has 4 heteroatoms. The van der Waals surface area contributed by atoms with Crippen molar-refractivity contribution >= 4 is 7.94 Å². The number of hydrogen-bond donors (Lipinski definition) is 2. The maximum atomic E-state index is 10.0. The molecule has 0 amide bonds. The van der Waals surface area contributed by atoms with Gasteiger partial charge < -0.3 is 0 Å². The summed E-state index contributed by atoms with van der Waals surface area (Å²) in [4.78, 5) is 20.1. The minimum atomic E-state index is -3.10. The monoisotopic (exact) mass is 433 g/mol. The van der Waals surface area contributed by atoms with Crippen LogP contribution in [0.1, 0.15) is 149 Å². The van der Waals surface area contributed by atoms with E-state index in [9.17, 15) is 9.79 Å². The van der Waals surface area contributed by atoms with E-state index in [0.29, 0.717) is 12.8 Å². The summed E-state index contributed by atoms with van der Waals surface area (Å²) in [6.07, 6.45) is 27.4. The van der Waals surface area contributed by atoms with Crippen LogP contribution in [-0.2, 0) is 4.52 Å². The molecule has 3 nitrogen and oxygen atoms in total. The van der Waals surface area contributed by atoms with Crippen LogP contribution in [0, 0.1) is 0 Å². The minimum absolute atomic E-state index is 0.446. The molecule has 0 fully saturated rings. The average Bonchev–Trinajstić information content (AvgIpc) is 2.70. The van der Waals surface area contributed by atoms with Gasteiger partial charge in [-0.2, -0.15) is 14.3 Å². The zero-order valence-electron chi connectivity index (χ0n) is 20.0. The fourth-order valence-corrected chi connectivity index (χ4v) is 5.03. The van der Waals surface area contributed by atoms with Crippen molar-refractivity contribution in [2.75, 3.05) is 12.8 Å². The Labute approximate surface area is 184 Å². The summed E-state index contributed by atoms with van der Waals surface area (Å²) in [7, 11) is -3.10. The molecule has 0 aromatic rings. The summed E-state index contributed by atoms with van der Waals surface area (Å²) in [5, 5.41) is 0. The van der Waals surface area contributed by atoms with Gasteiger partial charge in [-0.05, 0) is 19.3 Å². The van der Waals surface area contributed by atoms with Gasteiger partial charge in [0.15, 0.2) is 0 Å². The Hall–Kier alpha value is 0.310. The van der Waals surface area contributed by atoms with Crippen LogP contribution in [0.15, 0.2) is 0 Å². The molecule has 0 bridgehead atoms. The molecule has 0 spiro atoms. The second-order valence-electron chi connectivity index (χ2n) is 8.94. The third kappa shape index (κ3) is 24.5. The van der Waals surface area contributed by atoms with E-state index in [1.807, 2.05) is 0 Å². The van der Waals surface area contributed by atoms with Crippen LogP contribution in [0.2, 0.25) is 0 Å². The van der Waals surface area contributed by atoms with Crippen LogP contribution in [0.25, 0.3) is 0 Å². The van der Waals surface area contributed by atoms with Crippen LogP contribution in [0.3, 0.4) is 0 Å². The van der Waals surface area contributed by atoms with Gasteiger partial charge in [0, 0.05) is 0 Å². The van der Waals surface area contributed by atoms with Gasteiger partial charge in [0.05, 0.1) is 6.61 Å². The predicted octanol–water partition coefficient (Wildman–Crippen LogP) is 8.98. The molecular formula is C25H54O3P+. The highest BCUT2D eigenvalue weighted by Crippen LogP contribution is 2.51. The molecule has 176 valence electrons. The lowest BCUT2D eigenvalue weighted by molar-refractivity contribution is 0.222. The molecule has 0 aromatic carbocycles. The molecule has 0 heterocycles. The van der Waals surface area contributed by atoms with E-state index in [4.69, 9.17) is 4.52 Å². The van der Waals surface area contributed by atoms with E-state index in [1.54, 1.807) is 0 Å². The zero-order valence-corrected chi connectivity index (χ0v) is 20.9. The lowest BCUT2D eigenvalue weighted by Gasteiger charge is -2.11. The van der Waals surface area contributed by atoms with E-state index in [2.05, 4.69) is 13.8 Å². The van der Waals surface area contributed by atoms with Crippen LogP contribution in [0.5, 0.6) is 0 Å². The number of rotatable bonds is 24. The molecule has 0 saturated carbocycles. The smallest absolute Gasteiger partial charge is 0.193 e. The Bertz CT molecular complexity index is 282. The van der Waals surface area contributed by atoms with E-state index in [-0.39, 0.29) is 0 Å². The van der Waals surface area contributed by atoms with Gasteiger partial charge in [-0.25, -0.2) is 0 Å². The SMILES string of the molecule is CCCCCCCCCCCCC[P+](O)(O)OCCCCCCCCCCCC. The Balaban J connectivity index is 3.30. The normalized spacial score (nSPS) is 12.0. The summed E-state index contributed by atoms with van der Waals surface area (Å²) in [6, 6.07) is 0. The summed E-state index contributed by atoms with van der Waals surface area (Å²) in [6.45, 7) is 5.03. The van der Waals surface area contributed by atoms with Crippen molar-refractivity contribution in [1.82, 2.24) is 0 Å². The van der Waals surface area contributed by atoms with E-state index in [0.717, 1.165) is 25.7 Å². The Morgan fingerprint density at radius 2 is 0.759 bits per heavy atom. The fraction of sp³-hybridized carbons (Fsp3) is 1.00. The first-order chi connectivity index (χ1) is 14.1. The maximum Gasteiger partial charge on any atom is 0.406 e. The Kier molecular flexibility index (Phi) is 23.2. The lowest BCUT2D eigenvalue weighted by Crippen LogP contribution is -2.03. The van der Waals surface area contributed by atoms with Crippen LogP contribution >= 0.6 is 7.94 Å². The maximum absolute atomic E-state index is 10.0. The predicted molar refractivity (Wildman–Crippen MR) is 130 cm³/mol. The van der Waals surface area contributed by atoms with Crippen molar-refractivity contribution in [2.24, 2.45) is 0 Å². The third-order valence-electron chi connectivity index (χ3n) is 5.85. The van der Waals surface area contributed by atoms with Crippen LogP contribution in [-0.4, -0.2) is 22.6 Å². The van der Waals surface area contributed by atoms with Gasteiger partial charge in [0.1, 0.15) is 6.16 Å². The summed E-state index contributed by atoms with van der Waals surface area (Å²) >= 11 is 0. The zero-order chi connectivity index (χ0) is 21.5. The number of unbranched alkanes of at least 4 members (excludes halogenated alkanes) is 19. The van der Waals surface area contributed by atoms with Crippen molar-refractivity contribution in [3.8, 4) is 0 Å². The van der Waals surface area contributed by atoms with Crippen molar-refractivity contribution in [3.63, 3.8) is 0 Å². The van der Waals surface area contributed by atoms with E-state index < -0.39 is 7.94 Å². The van der Waals surface area contributed by atoms with Crippen molar-refractivity contribution < 1.29 is 14.3 Å². The molecule has 0 aliphatic heterocycles. The first-order valence-corrected chi connectivity index (χ1v) is 14.9. The highest BCUT2D eigenvalue weighted by molar-refractivity contribution is 7.59. The van der Waals surface area contributed by atoms with Gasteiger partial charge >= 0.3 is 7.94 Å². The minimum Gasteiger partial charge on any atom is -0.193 e. The van der Waals surface area contributed by atoms with Gasteiger partial charge in [0.2, 0.25) is 0 Å². The average molecular weight is 434 g/mol. The van der Waals surface area contributed by atoms with Gasteiger partial charge in [0.25, 0.3) is 0 Å². The quantitative estimate of drug-likeness (QED) is 0.118. The molecule has 2 N–H and O–H groups in total. The molecule has 0 aliphatic carbocycles. The van der Waals surface area contributed by atoms with Crippen molar-refractivity contribution in [1.29, 1.82) is 0 Å². The molecule has 0 rings (SSSR count). The number of hydrogen-bond acceptors (Lipinski definition) is 3. The third-order valence-corrected chi connectivity index (χ3v) is 7.34. The molecule has 0 saturated heterocycles. The van der Waals surface area contributed by atoms with Gasteiger partial charge in [-0.3, -0.25) is 0 Å². The Morgan fingerprint density at radius 3 is 1.14 bits per heavy atom. The molecular weight excluding hydrogens is 379 g/mol. The largest absolute Gasteiger partial charge is 0.406 e.